The maximum Gasteiger partial charge on any atom is 0.356 e. The molecule has 0 amide bonds. The molecule has 1 aromatic heterocycles. The summed E-state index contributed by atoms with van der Waals surface area (Å²) in [5.74, 6) is -0.504. The van der Waals surface area contributed by atoms with E-state index in [9.17, 15) is 9.90 Å². The van der Waals surface area contributed by atoms with Gasteiger partial charge in [0.2, 0.25) is 0 Å². The molecule has 0 saturated carbocycles. The maximum atomic E-state index is 10.7. The fraction of sp³-hybridized carbons (Fsp3) is 0.429. The van der Waals surface area contributed by atoms with Gasteiger partial charge >= 0.3 is 5.97 Å². The molecule has 6 heteroatoms. The number of carbonyl (C=O) groups is 1. The van der Waals surface area contributed by atoms with Gasteiger partial charge in [0.05, 0.1) is 5.69 Å². The SMILES string of the molecule is Cc1c(C(=O)O)nc2n1C(O)CS2. The highest BCUT2D eigenvalue weighted by atomic mass is 32.2. The van der Waals surface area contributed by atoms with E-state index in [1.807, 2.05) is 0 Å². The van der Waals surface area contributed by atoms with Crippen LogP contribution in [0.2, 0.25) is 0 Å². The molecular formula is C7H8N2O3S. The summed E-state index contributed by atoms with van der Waals surface area (Å²) in [7, 11) is 0. The molecule has 1 aliphatic rings. The predicted molar refractivity (Wildman–Crippen MR) is 45.9 cm³/mol. The van der Waals surface area contributed by atoms with Crippen LogP contribution >= 0.6 is 11.8 Å². The first-order valence-electron chi connectivity index (χ1n) is 3.74. The molecular weight excluding hydrogens is 192 g/mol. The highest BCUT2D eigenvalue weighted by molar-refractivity contribution is 7.99. The second-order valence-corrected chi connectivity index (χ2v) is 3.78. The number of aliphatic hydroxyl groups excluding tert-OH is 1. The van der Waals surface area contributed by atoms with Crippen LogP contribution in [0.1, 0.15) is 22.4 Å². The second kappa shape index (κ2) is 2.74. The molecule has 1 aromatic rings. The van der Waals surface area contributed by atoms with Crippen molar-refractivity contribution in [3.05, 3.63) is 11.4 Å². The molecule has 70 valence electrons. The van der Waals surface area contributed by atoms with Crippen molar-refractivity contribution < 1.29 is 15.0 Å². The molecule has 0 fully saturated rings. The minimum absolute atomic E-state index is 0.0289. The van der Waals surface area contributed by atoms with Crippen molar-refractivity contribution in [1.82, 2.24) is 9.55 Å². The van der Waals surface area contributed by atoms with Gasteiger partial charge in [0.1, 0.15) is 6.23 Å². The van der Waals surface area contributed by atoms with Gasteiger partial charge in [0, 0.05) is 5.75 Å². The molecule has 0 spiro atoms. The monoisotopic (exact) mass is 200 g/mol. The van der Waals surface area contributed by atoms with Crippen molar-refractivity contribution in [2.75, 3.05) is 5.75 Å². The molecule has 0 saturated heterocycles. The zero-order valence-corrected chi connectivity index (χ0v) is 7.71. The zero-order chi connectivity index (χ0) is 9.59. The molecule has 2 heterocycles. The summed E-state index contributed by atoms with van der Waals surface area (Å²) in [5, 5.41) is 18.8. The molecule has 0 radical (unpaired) electrons. The number of hydrogen-bond acceptors (Lipinski definition) is 4. The maximum absolute atomic E-state index is 10.7. The van der Waals surface area contributed by atoms with E-state index < -0.39 is 12.2 Å². The normalized spacial score (nSPS) is 20.3. The van der Waals surface area contributed by atoms with Crippen molar-refractivity contribution in [2.24, 2.45) is 0 Å². The van der Waals surface area contributed by atoms with E-state index in [1.54, 1.807) is 11.5 Å². The molecule has 2 N–H and O–H groups in total. The Morgan fingerprint density at radius 2 is 2.46 bits per heavy atom. The number of thioether (sulfide) groups is 1. The first kappa shape index (κ1) is 8.58. The summed E-state index contributed by atoms with van der Waals surface area (Å²) < 4.78 is 1.55. The van der Waals surface area contributed by atoms with Crippen molar-refractivity contribution in [1.29, 1.82) is 0 Å². The summed E-state index contributed by atoms with van der Waals surface area (Å²) in [4.78, 5) is 14.6. The average molecular weight is 200 g/mol. The van der Waals surface area contributed by atoms with Crippen LogP contribution in [-0.4, -0.2) is 31.5 Å². The van der Waals surface area contributed by atoms with Gasteiger partial charge in [0.25, 0.3) is 0 Å². The van der Waals surface area contributed by atoms with Gasteiger partial charge in [-0.25, -0.2) is 9.78 Å². The third-order valence-electron chi connectivity index (χ3n) is 1.98. The molecule has 1 aliphatic heterocycles. The topological polar surface area (TPSA) is 75.3 Å². The fourth-order valence-electron chi connectivity index (χ4n) is 1.37. The number of hydrogen-bond donors (Lipinski definition) is 2. The minimum Gasteiger partial charge on any atom is -0.476 e. The number of aromatic carboxylic acids is 1. The van der Waals surface area contributed by atoms with E-state index in [0.717, 1.165) is 0 Å². The lowest BCUT2D eigenvalue weighted by atomic mass is 10.3. The van der Waals surface area contributed by atoms with Crippen molar-refractivity contribution >= 4 is 17.7 Å². The van der Waals surface area contributed by atoms with E-state index in [-0.39, 0.29) is 5.69 Å². The first-order chi connectivity index (χ1) is 6.11. The number of carboxylic acid groups (broad SMARTS) is 1. The lowest BCUT2D eigenvalue weighted by Gasteiger charge is -2.05. The van der Waals surface area contributed by atoms with Gasteiger partial charge in [-0.3, -0.25) is 4.57 Å². The Labute approximate surface area is 78.4 Å². The average Bonchev–Trinajstić information content (AvgIpc) is 2.55. The molecule has 1 atom stereocenters. The summed E-state index contributed by atoms with van der Waals surface area (Å²) in [6.45, 7) is 1.65. The smallest absolute Gasteiger partial charge is 0.356 e. The zero-order valence-electron chi connectivity index (χ0n) is 6.89. The minimum atomic E-state index is -1.05. The molecule has 0 bridgehead atoms. The van der Waals surface area contributed by atoms with E-state index >= 15 is 0 Å². The first-order valence-corrected chi connectivity index (χ1v) is 4.73. The van der Waals surface area contributed by atoms with Crippen molar-refractivity contribution in [3.8, 4) is 0 Å². The number of rotatable bonds is 1. The van der Waals surface area contributed by atoms with Gasteiger partial charge in [-0.1, -0.05) is 11.8 Å². The van der Waals surface area contributed by atoms with Crippen LogP contribution in [0.3, 0.4) is 0 Å². The van der Waals surface area contributed by atoms with Gasteiger partial charge in [-0.15, -0.1) is 0 Å². The lowest BCUT2D eigenvalue weighted by Crippen LogP contribution is -2.08. The van der Waals surface area contributed by atoms with E-state index in [2.05, 4.69) is 4.98 Å². The number of aromatic nitrogens is 2. The molecule has 0 aromatic carbocycles. The Morgan fingerprint density at radius 3 is 3.00 bits per heavy atom. The quantitative estimate of drug-likeness (QED) is 0.689. The van der Waals surface area contributed by atoms with Crippen LogP contribution in [-0.2, 0) is 0 Å². The third kappa shape index (κ3) is 1.13. The second-order valence-electron chi connectivity index (χ2n) is 2.80. The molecule has 5 nitrogen and oxygen atoms in total. The summed E-state index contributed by atoms with van der Waals surface area (Å²) in [6.07, 6.45) is -0.638. The number of nitrogens with zero attached hydrogens (tertiary/aromatic N) is 2. The Kier molecular flexibility index (Phi) is 1.81. The molecule has 1 unspecified atom stereocenters. The van der Waals surface area contributed by atoms with Crippen LogP contribution in [0.15, 0.2) is 5.16 Å². The van der Waals surface area contributed by atoms with Gasteiger partial charge in [-0.2, -0.15) is 0 Å². The Bertz CT molecular complexity index is 374. The van der Waals surface area contributed by atoms with Crippen LogP contribution in [0.4, 0.5) is 0 Å². The standard InChI is InChI=1S/C7H8N2O3S/c1-3-5(6(11)12)8-7-9(3)4(10)2-13-7/h4,10H,2H2,1H3,(H,11,12). The van der Waals surface area contributed by atoms with Crippen LogP contribution in [0.5, 0.6) is 0 Å². The Balaban J connectivity index is 2.56. The third-order valence-corrected chi connectivity index (χ3v) is 2.99. The predicted octanol–water partition coefficient (Wildman–Crippen LogP) is 0.486. The molecule has 2 rings (SSSR count). The van der Waals surface area contributed by atoms with E-state index in [0.29, 0.717) is 16.6 Å². The fourth-order valence-corrected chi connectivity index (χ4v) is 2.37. The lowest BCUT2D eigenvalue weighted by molar-refractivity contribution is 0.0689. The Morgan fingerprint density at radius 1 is 1.77 bits per heavy atom. The van der Waals surface area contributed by atoms with Crippen LogP contribution < -0.4 is 0 Å². The number of carboxylic acids is 1. The molecule has 0 aliphatic carbocycles. The number of aliphatic hydroxyl groups is 1. The van der Waals surface area contributed by atoms with E-state index in [1.165, 1.54) is 11.8 Å². The Hall–Kier alpha value is -1.01. The van der Waals surface area contributed by atoms with Gasteiger partial charge < -0.3 is 10.2 Å². The van der Waals surface area contributed by atoms with E-state index in [4.69, 9.17) is 5.11 Å². The van der Waals surface area contributed by atoms with Crippen molar-refractivity contribution in [2.45, 2.75) is 18.3 Å². The summed E-state index contributed by atoms with van der Waals surface area (Å²) in [5.41, 5.74) is 0.543. The highest BCUT2D eigenvalue weighted by Crippen LogP contribution is 2.33. The number of imidazole rings is 1. The highest BCUT2D eigenvalue weighted by Gasteiger charge is 2.28. The summed E-state index contributed by atoms with van der Waals surface area (Å²) in [6, 6.07) is 0. The molecule has 13 heavy (non-hydrogen) atoms. The van der Waals surface area contributed by atoms with Crippen molar-refractivity contribution in [3.63, 3.8) is 0 Å². The van der Waals surface area contributed by atoms with Gasteiger partial charge in [0.15, 0.2) is 10.9 Å². The number of fused-ring (bicyclic) bond motifs is 1. The van der Waals surface area contributed by atoms with Crippen LogP contribution in [0, 0.1) is 6.92 Å². The summed E-state index contributed by atoms with van der Waals surface area (Å²) >= 11 is 1.37. The van der Waals surface area contributed by atoms with Crippen LogP contribution in [0.25, 0.3) is 0 Å². The largest absolute Gasteiger partial charge is 0.476 e. The van der Waals surface area contributed by atoms with Gasteiger partial charge in [-0.05, 0) is 6.92 Å².